The summed E-state index contributed by atoms with van der Waals surface area (Å²) in [6.07, 6.45) is 0. The van der Waals surface area contributed by atoms with Crippen molar-refractivity contribution in [2.24, 2.45) is 0 Å². The van der Waals surface area contributed by atoms with Gasteiger partial charge in [-0.3, -0.25) is 4.79 Å². The maximum atomic E-state index is 10.7. The van der Waals surface area contributed by atoms with Crippen molar-refractivity contribution in [1.29, 1.82) is 0 Å². The van der Waals surface area contributed by atoms with E-state index in [1.54, 1.807) is 0 Å². The van der Waals surface area contributed by atoms with E-state index in [0.29, 0.717) is 6.54 Å². The molecule has 0 atom stereocenters. The van der Waals surface area contributed by atoms with Gasteiger partial charge >= 0.3 is 0 Å². The average molecular weight is 193 g/mol. The van der Waals surface area contributed by atoms with E-state index in [9.17, 15) is 4.79 Å². The Bertz CT molecular complexity index is 334. The van der Waals surface area contributed by atoms with E-state index in [1.165, 1.54) is 6.92 Å². The molecule has 0 aromatic heterocycles. The van der Waals surface area contributed by atoms with Crippen LogP contribution in [0.2, 0.25) is 0 Å². The number of hydrogen-bond donors (Lipinski definition) is 2. The normalized spacial score (nSPS) is 9.93. The summed E-state index contributed by atoms with van der Waals surface area (Å²) >= 11 is 0. The molecule has 0 aliphatic carbocycles. The van der Waals surface area contributed by atoms with E-state index in [1.807, 2.05) is 25.1 Å². The fourth-order valence-corrected chi connectivity index (χ4v) is 1.27. The minimum atomic E-state index is -0.0318. The number of amides is 1. The van der Waals surface area contributed by atoms with Crippen LogP contribution in [-0.2, 0) is 17.9 Å². The lowest BCUT2D eigenvalue weighted by molar-refractivity contribution is -0.119. The first kappa shape index (κ1) is 10.7. The van der Waals surface area contributed by atoms with Gasteiger partial charge in [0.2, 0.25) is 5.91 Å². The number of nitrogens with one attached hydrogen (secondary N) is 1. The van der Waals surface area contributed by atoms with Gasteiger partial charge in [-0.15, -0.1) is 0 Å². The summed E-state index contributed by atoms with van der Waals surface area (Å²) in [6.45, 7) is 4.07. The molecule has 3 nitrogen and oxygen atoms in total. The monoisotopic (exact) mass is 193 g/mol. The van der Waals surface area contributed by atoms with E-state index in [4.69, 9.17) is 5.11 Å². The van der Waals surface area contributed by atoms with Crippen molar-refractivity contribution in [3.05, 3.63) is 34.9 Å². The molecular weight excluding hydrogens is 178 g/mol. The SMILES string of the molecule is CC(=O)NCc1ccc(CO)cc1C. The van der Waals surface area contributed by atoms with Gasteiger partial charge in [-0.2, -0.15) is 0 Å². The molecule has 3 heteroatoms. The Morgan fingerprint density at radius 3 is 2.71 bits per heavy atom. The van der Waals surface area contributed by atoms with Crippen LogP contribution < -0.4 is 5.32 Å². The Morgan fingerprint density at radius 1 is 1.50 bits per heavy atom. The number of carbonyl (C=O) groups is 1. The van der Waals surface area contributed by atoms with Crippen molar-refractivity contribution in [1.82, 2.24) is 5.32 Å². The van der Waals surface area contributed by atoms with E-state index in [-0.39, 0.29) is 12.5 Å². The van der Waals surface area contributed by atoms with Gasteiger partial charge in [0.15, 0.2) is 0 Å². The highest BCUT2D eigenvalue weighted by molar-refractivity contribution is 5.72. The van der Waals surface area contributed by atoms with Crippen LogP contribution in [0.3, 0.4) is 0 Å². The fourth-order valence-electron chi connectivity index (χ4n) is 1.27. The summed E-state index contributed by atoms with van der Waals surface area (Å²) in [5, 5.41) is 11.6. The minimum absolute atomic E-state index is 0.0318. The van der Waals surface area contributed by atoms with Crippen molar-refractivity contribution < 1.29 is 9.90 Å². The zero-order valence-corrected chi connectivity index (χ0v) is 8.50. The third-order valence-corrected chi connectivity index (χ3v) is 2.12. The van der Waals surface area contributed by atoms with Gasteiger partial charge < -0.3 is 10.4 Å². The van der Waals surface area contributed by atoms with Crippen LogP contribution >= 0.6 is 0 Å². The van der Waals surface area contributed by atoms with E-state index in [2.05, 4.69) is 5.32 Å². The Labute approximate surface area is 83.8 Å². The molecule has 0 spiro atoms. The Kier molecular flexibility index (Phi) is 3.65. The molecule has 0 bridgehead atoms. The second-order valence-electron chi connectivity index (χ2n) is 3.33. The average Bonchev–Trinajstić information content (AvgIpc) is 2.15. The van der Waals surface area contributed by atoms with Crippen LogP contribution in [0.15, 0.2) is 18.2 Å². The molecule has 1 aromatic rings. The highest BCUT2D eigenvalue weighted by atomic mass is 16.3. The lowest BCUT2D eigenvalue weighted by Crippen LogP contribution is -2.19. The molecule has 76 valence electrons. The van der Waals surface area contributed by atoms with Crippen LogP contribution in [0.5, 0.6) is 0 Å². The molecule has 14 heavy (non-hydrogen) atoms. The second-order valence-corrected chi connectivity index (χ2v) is 3.33. The summed E-state index contributed by atoms with van der Waals surface area (Å²) in [5.74, 6) is -0.0318. The van der Waals surface area contributed by atoms with Crippen LogP contribution in [-0.4, -0.2) is 11.0 Å². The summed E-state index contributed by atoms with van der Waals surface area (Å²) in [4.78, 5) is 10.7. The van der Waals surface area contributed by atoms with Crippen LogP contribution in [0.1, 0.15) is 23.6 Å². The van der Waals surface area contributed by atoms with E-state index < -0.39 is 0 Å². The third kappa shape index (κ3) is 2.85. The highest BCUT2D eigenvalue weighted by Gasteiger charge is 2.00. The number of aliphatic hydroxyl groups excluding tert-OH is 1. The van der Waals surface area contributed by atoms with Crippen LogP contribution in [0, 0.1) is 6.92 Å². The van der Waals surface area contributed by atoms with Gasteiger partial charge in [-0.05, 0) is 23.6 Å². The van der Waals surface area contributed by atoms with Gasteiger partial charge in [0, 0.05) is 13.5 Å². The van der Waals surface area contributed by atoms with Crippen molar-refractivity contribution in [2.75, 3.05) is 0 Å². The number of hydrogen-bond acceptors (Lipinski definition) is 2. The molecule has 0 heterocycles. The van der Waals surface area contributed by atoms with E-state index in [0.717, 1.165) is 16.7 Å². The van der Waals surface area contributed by atoms with Crippen molar-refractivity contribution in [3.8, 4) is 0 Å². The first-order chi connectivity index (χ1) is 6.63. The summed E-state index contributed by atoms with van der Waals surface area (Å²) < 4.78 is 0. The fraction of sp³-hybridized carbons (Fsp3) is 0.364. The van der Waals surface area contributed by atoms with Crippen LogP contribution in [0.25, 0.3) is 0 Å². The highest BCUT2D eigenvalue weighted by Crippen LogP contribution is 2.10. The molecule has 1 amide bonds. The number of rotatable bonds is 3. The zero-order valence-electron chi connectivity index (χ0n) is 8.50. The molecule has 0 radical (unpaired) electrons. The molecule has 0 unspecified atom stereocenters. The maximum Gasteiger partial charge on any atom is 0.217 e. The van der Waals surface area contributed by atoms with Gasteiger partial charge in [-0.1, -0.05) is 18.2 Å². The zero-order chi connectivity index (χ0) is 10.6. The number of carbonyl (C=O) groups excluding carboxylic acids is 1. The minimum Gasteiger partial charge on any atom is -0.392 e. The second kappa shape index (κ2) is 4.77. The van der Waals surface area contributed by atoms with Crippen LogP contribution in [0.4, 0.5) is 0 Å². The molecule has 0 saturated heterocycles. The Hall–Kier alpha value is -1.35. The van der Waals surface area contributed by atoms with Gasteiger partial charge in [0.25, 0.3) is 0 Å². The van der Waals surface area contributed by atoms with Crippen molar-refractivity contribution >= 4 is 5.91 Å². The molecule has 0 aliphatic heterocycles. The topological polar surface area (TPSA) is 49.3 Å². The van der Waals surface area contributed by atoms with Gasteiger partial charge in [-0.25, -0.2) is 0 Å². The number of aryl methyl sites for hydroxylation is 1. The quantitative estimate of drug-likeness (QED) is 0.755. The summed E-state index contributed by atoms with van der Waals surface area (Å²) in [6, 6.07) is 5.72. The lowest BCUT2D eigenvalue weighted by atomic mass is 10.1. The van der Waals surface area contributed by atoms with E-state index >= 15 is 0 Å². The largest absolute Gasteiger partial charge is 0.392 e. The molecule has 1 aromatic carbocycles. The van der Waals surface area contributed by atoms with Gasteiger partial charge in [0.1, 0.15) is 0 Å². The standard InChI is InChI=1S/C11H15NO2/c1-8-5-10(7-13)3-4-11(8)6-12-9(2)14/h3-5,13H,6-7H2,1-2H3,(H,12,14). The summed E-state index contributed by atoms with van der Waals surface area (Å²) in [7, 11) is 0. The lowest BCUT2D eigenvalue weighted by Gasteiger charge is -2.07. The first-order valence-electron chi connectivity index (χ1n) is 4.57. The summed E-state index contributed by atoms with van der Waals surface area (Å²) in [5.41, 5.74) is 3.07. The molecule has 2 N–H and O–H groups in total. The van der Waals surface area contributed by atoms with Gasteiger partial charge in [0.05, 0.1) is 6.61 Å². The Balaban J connectivity index is 2.73. The number of benzene rings is 1. The molecule has 0 aliphatic rings. The predicted octanol–water partition coefficient (Wildman–Crippen LogP) is 1.12. The first-order valence-corrected chi connectivity index (χ1v) is 4.57. The smallest absolute Gasteiger partial charge is 0.217 e. The predicted molar refractivity (Wildman–Crippen MR) is 54.6 cm³/mol. The molecule has 1 rings (SSSR count). The molecule has 0 fully saturated rings. The molecule has 0 saturated carbocycles. The molecular formula is C11H15NO2. The number of aliphatic hydroxyl groups is 1. The Morgan fingerprint density at radius 2 is 2.21 bits per heavy atom. The maximum absolute atomic E-state index is 10.7. The third-order valence-electron chi connectivity index (χ3n) is 2.12. The van der Waals surface area contributed by atoms with Crippen molar-refractivity contribution in [2.45, 2.75) is 27.0 Å². The van der Waals surface area contributed by atoms with Crippen molar-refractivity contribution in [3.63, 3.8) is 0 Å².